The molecule has 0 N–H and O–H groups in total. The zero-order valence-corrected chi connectivity index (χ0v) is 14.1. The lowest BCUT2D eigenvalue weighted by atomic mass is 10.1. The van der Waals surface area contributed by atoms with E-state index in [-0.39, 0.29) is 0 Å². The number of aromatic nitrogens is 2. The van der Waals surface area contributed by atoms with Gasteiger partial charge in [0.15, 0.2) is 6.10 Å². The maximum Gasteiger partial charge on any atom is 0.257 e. The van der Waals surface area contributed by atoms with E-state index in [1.165, 1.54) is 5.56 Å². The standard InChI is InChI=1S/C17H14Cl2N2O2/c1-10-6-8-12(9-7-10)17-21-20-16(23-17)11(2)22-14-5-3-4-13(18)15(14)19/h3-9,11H,1-2H3/t11-/m0/s1. The van der Waals surface area contributed by atoms with E-state index in [4.69, 9.17) is 32.4 Å². The van der Waals surface area contributed by atoms with Crippen LogP contribution >= 0.6 is 23.2 Å². The van der Waals surface area contributed by atoms with E-state index in [9.17, 15) is 0 Å². The van der Waals surface area contributed by atoms with Gasteiger partial charge in [-0.15, -0.1) is 10.2 Å². The monoisotopic (exact) mass is 348 g/mol. The second-order valence-electron chi connectivity index (χ2n) is 5.12. The van der Waals surface area contributed by atoms with Crippen LogP contribution in [0.5, 0.6) is 5.75 Å². The summed E-state index contributed by atoms with van der Waals surface area (Å²) in [4.78, 5) is 0. The van der Waals surface area contributed by atoms with E-state index in [0.29, 0.717) is 27.6 Å². The van der Waals surface area contributed by atoms with Gasteiger partial charge in [0, 0.05) is 5.56 Å². The van der Waals surface area contributed by atoms with E-state index in [1.54, 1.807) is 18.2 Å². The van der Waals surface area contributed by atoms with Gasteiger partial charge >= 0.3 is 0 Å². The lowest BCUT2D eigenvalue weighted by Gasteiger charge is -2.12. The molecule has 3 rings (SSSR count). The largest absolute Gasteiger partial charge is 0.479 e. The number of benzene rings is 2. The van der Waals surface area contributed by atoms with E-state index in [0.717, 1.165) is 5.56 Å². The first-order valence-corrected chi connectivity index (χ1v) is 7.81. The van der Waals surface area contributed by atoms with Crippen LogP contribution in [0.25, 0.3) is 11.5 Å². The molecule has 0 aliphatic rings. The normalized spacial score (nSPS) is 12.2. The summed E-state index contributed by atoms with van der Waals surface area (Å²) in [6.07, 6.45) is -0.447. The molecule has 3 aromatic rings. The molecule has 0 saturated heterocycles. The number of rotatable bonds is 4. The minimum absolute atomic E-state index is 0.360. The van der Waals surface area contributed by atoms with Gasteiger partial charge in [-0.25, -0.2) is 0 Å². The van der Waals surface area contributed by atoms with Gasteiger partial charge in [-0.2, -0.15) is 0 Å². The molecule has 0 spiro atoms. The van der Waals surface area contributed by atoms with Crippen LogP contribution in [0, 0.1) is 6.92 Å². The number of aryl methyl sites for hydroxylation is 1. The molecule has 6 heteroatoms. The molecule has 0 aliphatic heterocycles. The SMILES string of the molecule is Cc1ccc(-c2nnc([C@H](C)Oc3cccc(Cl)c3Cl)o2)cc1. The minimum Gasteiger partial charge on any atom is -0.479 e. The zero-order valence-electron chi connectivity index (χ0n) is 12.6. The van der Waals surface area contributed by atoms with Gasteiger partial charge in [-0.05, 0) is 38.1 Å². The van der Waals surface area contributed by atoms with Crippen molar-refractivity contribution in [2.75, 3.05) is 0 Å². The number of ether oxygens (including phenoxy) is 1. The lowest BCUT2D eigenvalue weighted by Crippen LogP contribution is -2.04. The van der Waals surface area contributed by atoms with Crippen LogP contribution in [-0.2, 0) is 0 Å². The first-order valence-electron chi connectivity index (χ1n) is 7.05. The van der Waals surface area contributed by atoms with Crippen LogP contribution in [-0.4, -0.2) is 10.2 Å². The maximum absolute atomic E-state index is 6.12. The van der Waals surface area contributed by atoms with Crippen LogP contribution in [0.4, 0.5) is 0 Å². The second kappa shape index (κ2) is 6.60. The van der Waals surface area contributed by atoms with E-state index >= 15 is 0 Å². The van der Waals surface area contributed by atoms with Crippen LogP contribution in [0.3, 0.4) is 0 Å². The summed E-state index contributed by atoms with van der Waals surface area (Å²) in [7, 11) is 0. The quantitative estimate of drug-likeness (QED) is 0.625. The number of nitrogens with zero attached hydrogens (tertiary/aromatic N) is 2. The Morgan fingerprint density at radius 3 is 2.52 bits per heavy atom. The molecule has 23 heavy (non-hydrogen) atoms. The van der Waals surface area contributed by atoms with Crippen molar-refractivity contribution < 1.29 is 9.15 Å². The number of hydrogen-bond donors (Lipinski definition) is 0. The Morgan fingerprint density at radius 1 is 1.04 bits per heavy atom. The molecule has 1 aromatic heterocycles. The predicted octanol–water partition coefficient (Wildman–Crippen LogP) is 5.49. The van der Waals surface area contributed by atoms with Gasteiger partial charge < -0.3 is 9.15 Å². The molecule has 118 valence electrons. The summed E-state index contributed by atoms with van der Waals surface area (Å²) in [5, 5.41) is 8.90. The fourth-order valence-electron chi connectivity index (χ4n) is 2.03. The summed E-state index contributed by atoms with van der Waals surface area (Å²) < 4.78 is 11.5. The maximum atomic E-state index is 6.12. The summed E-state index contributed by atoms with van der Waals surface area (Å²) in [5.41, 5.74) is 2.03. The third-order valence-electron chi connectivity index (χ3n) is 3.31. The van der Waals surface area contributed by atoms with Crippen molar-refractivity contribution in [1.82, 2.24) is 10.2 Å². The molecule has 4 nitrogen and oxygen atoms in total. The van der Waals surface area contributed by atoms with Crippen LogP contribution in [0.2, 0.25) is 10.0 Å². The molecule has 0 bridgehead atoms. The molecule has 1 atom stereocenters. The third kappa shape index (κ3) is 3.49. The topological polar surface area (TPSA) is 48.2 Å². The van der Waals surface area contributed by atoms with Crippen molar-refractivity contribution in [1.29, 1.82) is 0 Å². The molecule has 1 heterocycles. The second-order valence-corrected chi connectivity index (χ2v) is 5.91. The summed E-state index contributed by atoms with van der Waals surface area (Å²) >= 11 is 12.1. The fraction of sp³-hybridized carbons (Fsp3) is 0.176. The molecule has 0 fully saturated rings. The summed E-state index contributed by atoms with van der Waals surface area (Å²) in [6, 6.07) is 13.1. The van der Waals surface area contributed by atoms with E-state index < -0.39 is 6.10 Å². The minimum atomic E-state index is -0.447. The summed E-state index contributed by atoms with van der Waals surface area (Å²) in [6.45, 7) is 3.83. The Bertz CT molecular complexity index is 816. The Morgan fingerprint density at radius 2 is 1.78 bits per heavy atom. The van der Waals surface area contributed by atoms with Crippen molar-refractivity contribution in [2.24, 2.45) is 0 Å². The lowest BCUT2D eigenvalue weighted by molar-refractivity contribution is 0.190. The molecule has 0 amide bonds. The highest BCUT2D eigenvalue weighted by Gasteiger charge is 2.18. The molecular formula is C17H14Cl2N2O2. The van der Waals surface area contributed by atoms with Gasteiger partial charge in [0.05, 0.1) is 5.02 Å². The van der Waals surface area contributed by atoms with Crippen molar-refractivity contribution in [2.45, 2.75) is 20.0 Å². The van der Waals surface area contributed by atoms with Gasteiger partial charge in [0.2, 0.25) is 5.89 Å². The van der Waals surface area contributed by atoms with Crippen LogP contribution < -0.4 is 4.74 Å². The average molecular weight is 349 g/mol. The average Bonchev–Trinajstić information content (AvgIpc) is 3.02. The van der Waals surface area contributed by atoms with Gasteiger partial charge in [0.25, 0.3) is 5.89 Å². The highest BCUT2D eigenvalue weighted by atomic mass is 35.5. The molecule has 0 aliphatic carbocycles. The Hall–Kier alpha value is -2.04. The molecule has 0 saturated carbocycles. The van der Waals surface area contributed by atoms with Gasteiger partial charge in [0.1, 0.15) is 10.8 Å². The Labute approximate surface area is 144 Å². The summed E-state index contributed by atoms with van der Waals surface area (Å²) in [5.74, 6) is 1.30. The Balaban J connectivity index is 1.79. The van der Waals surface area contributed by atoms with Gasteiger partial charge in [-0.1, -0.05) is 47.0 Å². The fourth-order valence-corrected chi connectivity index (χ4v) is 2.36. The smallest absolute Gasteiger partial charge is 0.257 e. The third-order valence-corrected chi connectivity index (χ3v) is 4.11. The van der Waals surface area contributed by atoms with Crippen LogP contribution in [0.15, 0.2) is 46.9 Å². The van der Waals surface area contributed by atoms with Crippen molar-refractivity contribution in [3.8, 4) is 17.2 Å². The van der Waals surface area contributed by atoms with Gasteiger partial charge in [-0.3, -0.25) is 0 Å². The molecule has 0 radical (unpaired) electrons. The first-order chi connectivity index (χ1) is 11.0. The number of halogens is 2. The highest BCUT2D eigenvalue weighted by Crippen LogP contribution is 2.34. The van der Waals surface area contributed by atoms with E-state index in [1.807, 2.05) is 38.1 Å². The highest BCUT2D eigenvalue weighted by molar-refractivity contribution is 6.42. The molecular weight excluding hydrogens is 335 g/mol. The first kappa shape index (κ1) is 15.8. The Kier molecular flexibility index (Phi) is 4.55. The molecule has 0 unspecified atom stereocenters. The van der Waals surface area contributed by atoms with Crippen molar-refractivity contribution in [3.05, 3.63) is 64.0 Å². The molecule has 2 aromatic carbocycles. The predicted molar refractivity (Wildman–Crippen MR) is 90.0 cm³/mol. The zero-order chi connectivity index (χ0) is 16.4. The van der Waals surface area contributed by atoms with Crippen molar-refractivity contribution >= 4 is 23.2 Å². The van der Waals surface area contributed by atoms with E-state index in [2.05, 4.69) is 10.2 Å². The van der Waals surface area contributed by atoms with Crippen LogP contribution in [0.1, 0.15) is 24.5 Å². The number of hydrogen-bond acceptors (Lipinski definition) is 4. The van der Waals surface area contributed by atoms with Crippen molar-refractivity contribution in [3.63, 3.8) is 0 Å².